The van der Waals surface area contributed by atoms with Gasteiger partial charge in [-0.15, -0.1) is 0 Å². The molecule has 6 nitrogen and oxygen atoms in total. The topological polar surface area (TPSA) is 68.5 Å². The second-order valence-electron chi connectivity index (χ2n) is 6.13. The summed E-state index contributed by atoms with van der Waals surface area (Å²) in [6, 6.07) is 7.26. The monoisotopic (exact) mass is 313 g/mol. The lowest BCUT2D eigenvalue weighted by Crippen LogP contribution is -2.48. The van der Waals surface area contributed by atoms with Gasteiger partial charge in [0.1, 0.15) is 5.75 Å². The molecule has 1 amide bonds. The zero-order valence-electron chi connectivity index (χ0n) is 13.1. The van der Waals surface area contributed by atoms with Crippen LogP contribution in [0.4, 0.5) is 0 Å². The van der Waals surface area contributed by atoms with Crippen molar-refractivity contribution in [3.8, 4) is 5.75 Å². The van der Waals surface area contributed by atoms with Gasteiger partial charge in [-0.2, -0.15) is 4.98 Å². The number of ether oxygens (including phenoxy) is 1. The number of benzene rings is 1. The average molecular weight is 313 g/mol. The molecule has 0 N–H and O–H groups in total. The highest BCUT2D eigenvalue weighted by atomic mass is 16.5. The lowest BCUT2D eigenvalue weighted by atomic mass is 9.98. The third kappa shape index (κ3) is 2.81. The van der Waals surface area contributed by atoms with E-state index < -0.39 is 0 Å². The minimum atomic E-state index is 0.0335. The molecule has 2 aliphatic rings. The average Bonchev–Trinajstić information content (AvgIpc) is 3.26. The van der Waals surface area contributed by atoms with Gasteiger partial charge in [-0.25, -0.2) is 0 Å². The molecule has 4 rings (SSSR count). The van der Waals surface area contributed by atoms with E-state index in [0.717, 1.165) is 24.4 Å². The Labute approximate surface area is 134 Å². The number of hydrogen-bond acceptors (Lipinski definition) is 5. The molecule has 1 aliphatic heterocycles. The van der Waals surface area contributed by atoms with Gasteiger partial charge in [0.15, 0.2) is 5.82 Å². The van der Waals surface area contributed by atoms with E-state index >= 15 is 0 Å². The van der Waals surface area contributed by atoms with Crippen molar-refractivity contribution in [3.63, 3.8) is 0 Å². The van der Waals surface area contributed by atoms with Crippen molar-refractivity contribution in [3.05, 3.63) is 41.5 Å². The highest BCUT2D eigenvalue weighted by molar-refractivity contribution is 5.95. The summed E-state index contributed by atoms with van der Waals surface area (Å²) >= 11 is 0. The van der Waals surface area contributed by atoms with Crippen LogP contribution in [0.15, 0.2) is 28.8 Å². The first-order chi connectivity index (χ1) is 11.2. The standard InChI is InChI=1S/C17H19N3O3/c1-2-22-14-7-5-12(6-8-14)17(21)20-9-13(10-20)16-18-15(19-23-16)11-3-4-11/h5-8,11,13H,2-4,9-10H2,1H3. The zero-order valence-corrected chi connectivity index (χ0v) is 13.1. The molecule has 6 heteroatoms. The number of aromatic nitrogens is 2. The lowest BCUT2D eigenvalue weighted by molar-refractivity contribution is 0.0569. The van der Waals surface area contributed by atoms with Crippen LogP contribution < -0.4 is 4.74 Å². The van der Waals surface area contributed by atoms with Crippen molar-refractivity contribution in [1.82, 2.24) is 15.0 Å². The number of nitrogens with zero attached hydrogens (tertiary/aromatic N) is 3. The molecule has 23 heavy (non-hydrogen) atoms. The Morgan fingerprint density at radius 1 is 1.26 bits per heavy atom. The van der Waals surface area contributed by atoms with E-state index in [1.54, 1.807) is 17.0 Å². The Balaban J connectivity index is 1.35. The highest BCUT2D eigenvalue weighted by Crippen LogP contribution is 2.39. The van der Waals surface area contributed by atoms with Crippen LogP contribution in [0.3, 0.4) is 0 Å². The van der Waals surface area contributed by atoms with Gasteiger partial charge >= 0.3 is 0 Å². The summed E-state index contributed by atoms with van der Waals surface area (Å²) in [6.07, 6.45) is 2.32. The summed E-state index contributed by atoms with van der Waals surface area (Å²) in [6.45, 7) is 3.83. The summed E-state index contributed by atoms with van der Waals surface area (Å²) in [4.78, 5) is 18.7. The Morgan fingerprint density at radius 3 is 2.65 bits per heavy atom. The van der Waals surface area contributed by atoms with Gasteiger partial charge in [0, 0.05) is 24.6 Å². The van der Waals surface area contributed by atoms with Crippen LogP contribution in [0, 0.1) is 0 Å². The Kier molecular flexibility index (Phi) is 3.52. The fourth-order valence-electron chi connectivity index (χ4n) is 2.76. The smallest absolute Gasteiger partial charge is 0.253 e. The van der Waals surface area contributed by atoms with Gasteiger partial charge in [-0.05, 0) is 44.0 Å². The first-order valence-electron chi connectivity index (χ1n) is 8.10. The minimum Gasteiger partial charge on any atom is -0.494 e. The molecule has 1 aromatic carbocycles. The molecule has 0 atom stereocenters. The van der Waals surface area contributed by atoms with E-state index in [-0.39, 0.29) is 11.8 Å². The van der Waals surface area contributed by atoms with Crippen LogP contribution in [0.2, 0.25) is 0 Å². The molecule has 0 spiro atoms. The predicted octanol–water partition coefficient (Wildman–Crippen LogP) is 2.59. The first kappa shape index (κ1) is 14.2. The van der Waals surface area contributed by atoms with Crippen molar-refractivity contribution < 1.29 is 14.1 Å². The molecule has 1 saturated carbocycles. The SMILES string of the molecule is CCOc1ccc(C(=O)N2CC(c3nc(C4CC4)no3)C2)cc1. The van der Waals surface area contributed by atoms with Crippen LogP contribution >= 0.6 is 0 Å². The normalized spacial score (nSPS) is 17.9. The van der Waals surface area contributed by atoms with Crippen molar-refractivity contribution in [2.45, 2.75) is 31.6 Å². The van der Waals surface area contributed by atoms with E-state index in [0.29, 0.717) is 37.1 Å². The second kappa shape index (κ2) is 5.68. The van der Waals surface area contributed by atoms with E-state index in [9.17, 15) is 4.79 Å². The minimum absolute atomic E-state index is 0.0335. The molecular formula is C17H19N3O3. The summed E-state index contributed by atoms with van der Waals surface area (Å²) in [5.74, 6) is 2.98. The summed E-state index contributed by atoms with van der Waals surface area (Å²) in [7, 11) is 0. The lowest BCUT2D eigenvalue weighted by Gasteiger charge is -2.37. The maximum absolute atomic E-state index is 12.4. The molecule has 0 unspecified atom stereocenters. The number of hydrogen-bond donors (Lipinski definition) is 0. The summed E-state index contributed by atoms with van der Waals surface area (Å²) < 4.78 is 10.7. The quantitative estimate of drug-likeness (QED) is 0.848. The van der Waals surface area contributed by atoms with Gasteiger partial charge in [-0.3, -0.25) is 4.79 Å². The maximum atomic E-state index is 12.4. The second-order valence-corrected chi connectivity index (χ2v) is 6.13. The molecule has 2 aromatic rings. The fraction of sp³-hybridized carbons (Fsp3) is 0.471. The third-order valence-corrected chi connectivity index (χ3v) is 4.33. The number of carbonyl (C=O) groups excluding carboxylic acids is 1. The van der Waals surface area contributed by atoms with E-state index in [1.807, 2.05) is 19.1 Å². The maximum Gasteiger partial charge on any atom is 0.253 e. The van der Waals surface area contributed by atoms with Crippen molar-refractivity contribution >= 4 is 5.91 Å². The number of rotatable bonds is 5. The van der Waals surface area contributed by atoms with Crippen LogP contribution in [0.25, 0.3) is 0 Å². The number of likely N-dealkylation sites (tertiary alicyclic amines) is 1. The Hall–Kier alpha value is -2.37. The summed E-state index contributed by atoms with van der Waals surface area (Å²) in [5.41, 5.74) is 0.677. The van der Waals surface area contributed by atoms with Crippen LogP contribution in [0.5, 0.6) is 5.75 Å². The Bertz CT molecular complexity index is 700. The van der Waals surface area contributed by atoms with Crippen molar-refractivity contribution in [2.24, 2.45) is 0 Å². The summed E-state index contributed by atoms with van der Waals surface area (Å²) in [5, 5.41) is 4.03. The van der Waals surface area contributed by atoms with Crippen LogP contribution in [-0.2, 0) is 0 Å². The molecule has 2 fully saturated rings. The van der Waals surface area contributed by atoms with E-state index in [1.165, 1.54) is 0 Å². The number of amides is 1. The van der Waals surface area contributed by atoms with Crippen molar-refractivity contribution in [2.75, 3.05) is 19.7 Å². The molecule has 120 valence electrons. The number of carbonyl (C=O) groups is 1. The van der Waals surface area contributed by atoms with Crippen molar-refractivity contribution in [1.29, 1.82) is 0 Å². The van der Waals surface area contributed by atoms with Gasteiger partial charge < -0.3 is 14.2 Å². The van der Waals surface area contributed by atoms with E-state index in [2.05, 4.69) is 10.1 Å². The molecule has 0 radical (unpaired) electrons. The molecular weight excluding hydrogens is 294 g/mol. The van der Waals surface area contributed by atoms with Crippen LogP contribution in [0.1, 0.15) is 53.7 Å². The van der Waals surface area contributed by atoms with Gasteiger partial charge in [0.05, 0.1) is 12.5 Å². The fourth-order valence-corrected chi connectivity index (χ4v) is 2.76. The zero-order chi connectivity index (χ0) is 15.8. The molecule has 2 heterocycles. The Morgan fingerprint density at radius 2 is 2.00 bits per heavy atom. The highest BCUT2D eigenvalue weighted by Gasteiger charge is 2.37. The van der Waals surface area contributed by atoms with Gasteiger partial charge in [-0.1, -0.05) is 5.16 Å². The molecule has 1 aliphatic carbocycles. The third-order valence-electron chi connectivity index (χ3n) is 4.33. The molecule has 1 aromatic heterocycles. The van der Waals surface area contributed by atoms with E-state index in [4.69, 9.17) is 9.26 Å². The predicted molar refractivity (Wildman–Crippen MR) is 82.5 cm³/mol. The first-order valence-corrected chi connectivity index (χ1v) is 8.10. The molecule has 1 saturated heterocycles. The van der Waals surface area contributed by atoms with Crippen LogP contribution in [-0.4, -0.2) is 40.6 Å². The largest absolute Gasteiger partial charge is 0.494 e. The van der Waals surface area contributed by atoms with Gasteiger partial charge in [0.25, 0.3) is 5.91 Å². The van der Waals surface area contributed by atoms with Gasteiger partial charge in [0.2, 0.25) is 5.89 Å². The molecule has 0 bridgehead atoms.